The number of likely N-dealkylation sites (tertiary alicyclic amines) is 1. The summed E-state index contributed by atoms with van der Waals surface area (Å²) >= 11 is 1.59. The lowest BCUT2D eigenvalue weighted by Gasteiger charge is -2.40. The third-order valence-corrected chi connectivity index (χ3v) is 5.44. The normalized spacial score (nSPS) is 20.8. The quantitative estimate of drug-likeness (QED) is 0.841. The molecule has 140 valence electrons. The van der Waals surface area contributed by atoms with Gasteiger partial charge in [-0.15, -0.1) is 11.3 Å². The Morgan fingerprint density at radius 3 is 2.77 bits per heavy atom. The van der Waals surface area contributed by atoms with Gasteiger partial charge in [0.25, 0.3) is 5.91 Å². The van der Waals surface area contributed by atoms with Gasteiger partial charge in [-0.25, -0.2) is 9.37 Å². The number of nitrogens with zero attached hydrogens (tertiary/aromatic N) is 3. The van der Waals surface area contributed by atoms with Crippen LogP contribution in [0.25, 0.3) is 0 Å². The van der Waals surface area contributed by atoms with Crippen LogP contribution in [0, 0.1) is 12.7 Å². The minimum atomic E-state index is -1.39. The summed E-state index contributed by atoms with van der Waals surface area (Å²) in [6.07, 6.45) is 1.19. The first-order chi connectivity index (χ1) is 12.4. The number of carbonyl (C=O) groups is 1. The molecule has 3 rings (SSSR count). The van der Waals surface area contributed by atoms with Gasteiger partial charge in [-0.05, 0) is 44.5 Å². The van der Waals surface area contributed by atoms with Crippen molar-refractivity contribution in [3.8, 4) is 0 Å². The van der Waals surface area contributed by atoms with Crippen molar-refractivity contribution in [1.29, 1.82) is 0 Å². The summed E-state index contributed by atoms with van der Waals surface area (Å²) in [7, 11) is 1.89. The van der Waals surface area contributed by atoms with E-state index in [0.717, 1.165) is 22.7 Å². The van der Waals surface area contributed by atoms with Crippen molar-refractivity contribution in [3.05, 3.63) is 51.7 Å². The molecule has 1 atom stereocenters. The summed E-state index contributed by atoms with van der Waals surface area (Å²) < 4.78 is 13.1. The number of halogens is 1. The van der Waals surface area contributed by atoms with Crippen LogP contribution in [-0.4, -0.2) is 51.5 Å². The molecule has 1 aromatic carbocycles. The van der Waals surface area contributed by atoms with Gasteiger partial charge in [-0.2, -0.15) is 0 Å². The van der Waals surface area contributed by atoms with Crippen molar-refractivity contribution in [1.82, 2.24) is 14.8 Å². The Bertz CT molecular complexity index is 764. The van der Waals surface area contributed by atoms with Gasteiger partial charge in [-0.3, -0.25) is 9.69 Å². The first-order valence-electron chi connectivity index (χ1n) is 8.71. The molecule has 2 heterocycles. The van der Waals surface area contributed by atoms with E-state index in [4.69, 9.17) is 0 Å². The number of aryl methyl sites for hydroxylation is 1. The fraction of sp³-hybridized carbons (Fsp3) is 0.474. The zero-order valence-electron chi connectivity index (χ0n) is 15.1. The molecule has 0 bridgehead atoms. The molecule has 0 saturated carbocycles. The highest BCUT2D eigenvalue weighted by molar-refractivity contribution is 7.09. The molecule has 1 aliphatic heterocycles. The smallest absolute Gasteiger partial charge is 0.256 e. The highest BCUT2D eigenvalue weighted by Gasteiger charge is 2.42. The molecule has 1 fully saturated rings. The second-order valence-corrected chi connectivity index (χ2v) is 8.08. The van der Waals surface area contributed by atoms with Gasteiger partial charge in [0, 0.05) is 31.6 Å². The maximum Gasteiger partial charge on any atom is 0.256 e. The Morgan fingerprint density at radius 1 is 1.38 bits per heavy atom. The number of benzene rings is 1. The van der Waals surface area contributed by atoms with Crippen LogP contribution in [0.15, 0.2) is 29.6 Å². The number of thiazole rings is 1. The van der Waals surface area contributed by atoms with Crippen LogP contribution in [0.5, 0.6) is 0 Å². The number of aromatic nitrogens is 1. The third-order valence-electron chi connectivity index (χ3n) is 4.62. The first kappa shape index (κ1) is 18.9. The van der Waals surface area contributed by atoms with E-state index < -0.39 is 5.60 Å². The molecule has 1 saturated heterocycles. The highest BCUT2D eigenvalue weighted by Crippen LogP contribution is 2.25. The van der Waals surface area contributed by atoms with Crippen molar-refractivity contribution in [3.63, 3.8) is 0 Å². The van der Waals surface area contributed by atoms with Gasteiger partial charge in [0.15, 0.2) is 5.60 Å². The molecular formula is C19H24FN3O2S. The molecule has 1 amide bonds. The maximum atomic E-state index is 13.1. The van der Waals surface area contributed by atoms with Crippen LogP contribution in [-0.2, 0) is 17.9 Å². The van der Waals surface area contributed by atoms with Crippen molar-refractivity contribution in [2.24, 2.45) is 0 Å². The Kier molecular flexibility index (Phi) is 5.70. The number of rotatable bonds is 6. The number of piperidine rings is 1. The number of hydrogen-bond donors (Lipinski definition) is 1. The van der Waals surface area contributed by atoms with Crippen LogP contribution in [0.2, 0.25) is 0 Å². The Morgan fingerprint density at radius 2 is 2.12 bits per heavy atom. The Balaban J connectivity index is 1.64. The molecule has 0 spiro atoms. The van der Waals surface area contributed by atoms with Gasteiger partial charge >= 0.3 is 0 Å². The van der Waals surface area contributed by atoms with Gasteiger partial charge in [0.1, 0.15) is 5.82 Å². The summed E-state index contributed by atoms with van der Waals surface area (Å²) in [5, 5.41) is 14.0. The lowest BCUT2D eigenvalue weighted by molar-refractivity contribution is -0.160. The third kappa shape index (κ3) is 4.47. The minimum absolute atomic E-state index is 0.255. The van der Waals surface area contributed by atoms with Gasteiger partial charge < -0.3 is 10.0 Å². The highest BCUT2D eigenvalue weighted by atomic mass is 32.1. The second kappa shape index (κ2) is 7.82. The second-order valence-electron chi connectivity index (χ2n) is 7.02. The Hall–Kier alpha value is -1.83. The maximum absolute atomic E-state index is 13.1. The summed E-state index contributed by atoms with van der Waals surface area (Å²) in [6, 6.07) is 6.12. The summed E-state index contributed by atoms with van der Waals surface area (Å²) in [5.41, 5.74) is 0.415. The number of aliphatic hydroxyl groups is 1. The van der Waals surface area contributed by atoms with E-state index in [-0.39, 0.29) is 18.3 Å². The molecular weight excluding hydrogens is 353 g/mol. The summed E-state index contributed by atoms with van der Waals surface area (Å²) in [4.78, 5) is 20.9. The van der Waals surface area contributed by atoms with E-state index in [1.54, 1.807) is 28.4 Å². The zero-order chi connectivity index (χ0) is 18.7. The lowest BCUT2D eigenvalue weighted by Crippen LogP contribution is -2.57. The molecule has 7 heteroatoms. The molecule has 0 radical (unpaired) electrons. The molecule has 2 aromatic rings. The average Bonchev–Trinajstić information content (AvgIpc) is 2.98. The van der Waals surface area contributed by atoms with Crippen molar-refractivity contribution in [2.45, 2.75) is 38.5 Å². The first-order valence-corrected chi connectivity index (χ1v) is 9.59. The molecule has 26 heavy (non-hydrogen) atoms. The van der Waals surface area contributed by atoms with E-state index in [9.17, 15) is 14.3 Å². The predicted octanol–water partition coefficient (Wildman–Crippen LogP) is 2.58. The topological polar surface area (TPSA) is 56.7 Å². The fourth-order valence-electron chi connectivity index (χ4n) is 3.43. The van der Waals surface area contributed by atoms with E-state index >= 15 is 0 Å². The van der Waals surface area contributed by atoms with Crippen molar-refractivity contribution < 1.29 is 14.3 Å². The standard InChI is InChI=1S/C19H24FN3O2S/c1-14-21-17(12-26-14)11-22(2)13-19(25)8-3-9-23(18(19)24)10-15-4-6-16(20)7-5-15/h4-7,12,25H,3,8-11,13H2,1-2H3/t19-/m1/s1. The molecule has 0 aliphatic carbocycles. The van der Waals surface area contributed by atoms with Crippen LogP contribution in [0.1, 0.15) is 29.1 Å². The molecule has 1 aromatic heterocycles. The summed E-state index contributed by atoms with van der Waals surface area (Å²) in [6.45, 7) is 3.81. The van der Waals surface area contributed by atoms with E-state index in [2.05, 4.69) is 4.98 Å². The number of carbonyl (C=O) groups excluding carboxylic acids is 1. The van der Waals surface area contributed by atoms with Gasteiger partial charge in [0.05, 0.1) is 10.7 Å². The zero-order valence-corrected chi connectivity index (χ0v) is 15.9. The minimum Gasteiger partial charge on any atom is -0.379 e. The molecule has 1 aliphatic rings. The van der Waals surface area contributed by atoms with Gasteiger partial charge in [0.2, 0.25) is 0 Å². The van der Waals surface area contributed by atoms with Crippen LogP contribution in [0.3, 0.4) is 0 Å². The van der Waals surface area contributed by atoms with E-state index in [0.29, 0.717) is 26.1 Å². The fourth-order valence-corrected chi connectivity index (χ4v) is 4.04. The van der Waals surface area contributed by atoms with Crippen LogP contribution >= 0.6 is 11.3 Å². The van der Waals surface area contributed by atoms with Crippen LogP contribution in [0.4, 0.5) is 4.39 Å². The molecule has 5 nitrogen and oxygen atoms in total. The monoisotopic (exact) mass is 377 g/mol. The summed E-state index contributed by atoms with van der Waals surface area (Å²) in [5.74, 6) is -0.552. The largest absolute Gasteiger partial charge is 0.379 e. The van der Waals surface area contributed by atoms with Crippen molar-refractivity contribution >= 4 is 17.2 Å². The van der Waals surface area contributed by atoms with Crippen LogP contribution < -0.4 is 0 Å². The number of amides is 1. The lowest BCUT2D eigenvalue weighted by atomic mass is 9.90. The predicted molar refractivity (Wildman–Crippen MR) is 99.2 cm³/mol. The van der Waals surface area contributed by atoms with Crippen molar-refractivity contribution in [2.75, 3.05) is 20.1 Å². The average molecular weight is 377 g/mol. The number of hydrogen-bond acceptors (Lipinski definition) is 5. The molecule has 1 N–H and O–H groups in total. The molecule has 0 unspecified atom stereocenters. The van der Waals surface area contributed by atoms with Gasteiger partial charge in [-0.1, -0.05) is 12.1 Å². The SMILES string of the molecule is Cc1nc(CN(C)C[C@]2(O)CCCN(Cc3ccc(F)cc3)C2=O)cs1. The Labute approximate surface area is 157 Å². The van der Waals surface area contributed by atoms with E-state index in [1.165, 1.54) is 12.1 Å². The van der Waals surface area contributed by atoms with E-state index in [1.807, 2.05) is 24.3 Å². The number of likely N-dealkylation sites (N-methyl/N-ethyl adjacent to an activating group) is 1.